The Labute approximate surface area is 153 Å². The fourth-order valence-electron chi connectivity index (χ4n) is 2.98. The van der Waals surface area contributed by atoms with Crippen molar-refractivity contribution in [2.45, 2.75) is 40.0 Å². The first-order valence-electron chi connectivity index (χ1n) is 8.96. The van der Waals surface area contributed by atoms with Gasteiger partial charge in [-0.15, -0.1) is 0 Å². The average Bonchev–Trinajstić information content (AvgIpc) is 3.11. The van der Waals surface area contributed by atoms with Gasteiger partial charge in [0.05, 0.1) is 17.0 Å². The van der Waals surface area contributed by atoms with Crippen LogP contribution in [-0.4, -0.2) is 29.1 Å². The van der Waals surface area contributed by atoms with Crippen molar-refractivity contribution in [3.63, 3.8) is 0 Å². The van der Waals surface area contributed by atoms with E-state index in [0.717, 1.165) is 29.4 Å². The number of hydrogen-bond acceptors (Lipinski definition) is 5. The molecule has 0 fully saturated rings. The Balaban J connectivity index is 1.86. The maximum absolute atomic E-state index is 12.5. The van der Waals surface area contributed by atoms with E-state index in [0.29, 0.717) is 30.0 Å². The molecule has 0 aromatic heterocycles. The van der Waals surface area contributed by atoms with Gasteiger partial charge in [0.25, 0.3) is 5.91 Å². The fraction of sp³-hybridized carbons (Fsp3) is 0.350. The van der Waals surface area contributed by atoms with Crippen LogP contribution in [0.15, 0.2) is 53.0 Å². The van der Waals surface area contributed by atoms with Crippen LogP contribution < -0.4 is 9.64 Å². The number of benzene rings is 1. The van der Waals surface area contributed by atoms with Crippen molar-refractivity contribution in [3.8, 4) is 5.75 Å². The standard InChI is InChI=1S/C20H23N3O3/c1-4-8-18(24)23-20(25)15(14(3)21-23)11-12-19-22(13-5-2)16-9-6-7-10-17(16)26-19/h6-7,9-12H,4-5,8,13H2,1-3H3/b15-11+,19-12+. The molecule has 0 aliphatic carbocycles. The van der Waals surface area contributed by atoms with Crippen molar-refractivity contribution < 1.29 is 14.3 Å². The third-order valence-corrected chi connectivity index (χ3v) is 4.24. The van der Waals surface area contributed by atoms with Gasteiger partial charge < -0.3 is 9.64 Å². The number of carbonyl (C=O) groups excluding carboxylic acids is 2. The van der Waals surface area contributed by atoms with Crippen molar-refractivity contribution in [2.75, 3.05) is 11.4 Å². The van der Waals surface area contributed by atoms with Gasteiger partial charge in [-0.25, -0.2) is 0 Å². The molecule has 3 rings (SSSR count). The molecule has 0 unspecified atom stereocenters. The molecule has 0 saturated heterocycles. The van der Waals surface area contributed by atoms with Crippen LogP contribution in [0.25, 0.3) is 0 Å². The maximum atomic E-state index is 12.5. The number of carbonyl (C=O) groups is 2. The molecule has 1 aromatic carbocycles. The SMILES string of the molecule is CCCC(=O)N1N=C(C)/C(=C\C=C2\Oc3ccccc3N2CCC)C1=O. The minimum Gasteiger partial charge on any atom is -0.439 e. The number of rotatable bonds is 5. The molecule has 6 heteroatoms. The molecule has 0 N–H and O–H groups in total. The summed E-state index contributed by atoms with van der Waals surface area (Å²) < 4.78 is 5.93. The highest BCUT2D eigenvalue weighted by Crippen LogP contribution is 2.38. The predicted molar refractivity (Wildman–Crippen MR) is 101 cm³/mol. The molecule has 0 saturated carbocycles. The van der Waals surface area contributed by atoms with Gasteiger partial charge >= 0.3 is 0 Å². The third kappa shape index (κ3) is 3.27. The molecule has 0 spiro atoms. The number of nitrogens with zero attached hydrogens (tertiary/aromatic N) is 3. The molecule has 6 nitrogen and oxygen atoms in total. The van der Waals surface area contributed by atoms with Gasteiger partial charge in [-0.2, -0.15) is 10.1 Å². The lowest BCUT2D eigenvalue weighted by atomic mass is 10.1. The number of fused-ring (bicyclic) bond motifs is 1. The number of amides is 2. The summed E-state index contributed by atoms with van der Waals surface area (Å²) in [5.74, 6) is 0.813. The predicted octanol–water partition coefficient (Wildman–Crippen LogP) is 3.61. The molecular formula is C20H23N3O3. The van der Waals surface area contributed by atoms with Crippen LogP contribution in [0.5, 0.6) is 5.75 Å². The van der Waals surface area contributed by atoms with E-state index in [1.54, 1.807) is 19.1 Å². The number of anilines is 1. The average molecular weight is 353 g/mol. The van der Waals surface area contributed by atoms with E-state index in [-0.39, 0.29) is 11.8 Å². The van der Waals surface area contributed by atoms with Crippen LogP contribution in [0.1, 0.15) is 40.0 Å². The minimum atomic E-state index is -0.379. The second kappa shape index (κ2) is 7.56. The highest BCUT2D eigenvalue weighted by molar-refractivity contribution is 6.27. The summed E-state index contributed by atoms with van der Waals surface area (Å²) >= 11 is 0. The first-order chi connectivity index (χ1) is 12.6. The minimum absolute atomic E-state index is 0.273. The zero-order valence-corrected chi connectivity index (χ0v) is 15.4. The van der Waals surface area contributed by atoms with Crippen molar-refractivity contribution in [1.82, 2.24) is 5.01 Å². The Kier molecular flexibility index (Phi) is 5.21. The van der Waals surface area contributed by atoms with E-state index in [9.17, 15) is 9.59 Å². The van der Waals surface area contributed by atoms with Crippen LogP contribution in [0.2, 0.25) is 0 Å². The van der Waals surface area contributed by atoms with E-state index >= 15 is 0 Å². The topological polar surface area (TPSA) is 62.2 Å². The van der Waals surface area contributed by atoms with Gasteiger partial charge in [-0.3, -0.25) is 9.59 Å². The quantitative estimate of drug-likeness (QED) is 0.759. The summed E-state index contributed by atoms with van der Waals surface area (Å²) in [6.07, 6.45) is 5.40. The fourth-order valence-corrected chi connectivity index (χ4v) is 2.98. The van der Waals surface area contributed by atoms with E-state index in [1.807, 2.05) is 31.2 Å². The number of hydrogen-bond donors (Lipinski definition) is 0. The Morgan fingerprint density at radius 2 is 1.96 bits per heavy atom. The highest BCUT2D eigenvalue weighted by atomic mass is 16.5. The lowest BCUT2D eigenvalue weighted by Crippen LogP contribution is -2.29. The summed E-state index contributed by atoms with van der Waals surface area (Å²) in [6, 6.07) is 7.84. The summed E-state index contributed by atoms with van der Waals surface area (Å²) in [4.78, 5) is 26.6. The zero-order chi connectivity index (χ0) is 18.7. The summed E-state index contributed by atoms with van der Waals surface area (Å²) in [5, 5.41) is 5.08. The largest absolute Gasteiger partial charge is 0.439 e. The molecule has 136 valence electrons. The Hall–Kier alpha value is -2.89. The van der Waals surface area contributed by atoms with Crippen LogP contribution in [-0.2, 0) is 9.59 Å². The Morgan fingerprint density at radius 1 is 1.19 bits per heavy atom. The van der Waals surface area contributed by atoms with E-state index in [2.05, 4.69) is 16.9 Å². The normalized spacial score (nSPS) is 19.2. The lowest BCUT2D eigenvalue weighted by molar-refractivity contribution is -0.141. The second-order valence-corrected chi connectivity index (χ2v) is 6.25. The van der Waals surface area contributed by atoms with Crippen molar-refractivity contribution in [2.24, 2.45) is 5.10 Å². The van der Waals surface area contributed by atoms with E-state index in [4.69, 9.17) is 4.74 Å². The summed E-state index contributed by atoms with van der Waals surface area (Å²) in [7, 11) is 0. The molecule has 2 aliphatic rings. The second-order valence-electron chi connectivity index (χ2n) is 6.25. The van der Waals surface area contributed by atoms with Crippen LogP contribution in [0.4, 0.5) is 5.69 Å². The number of allylic oxidation sites excluding steroid dienone is 2. The van der Waals surface area contributed by atoms with Crippen LogP contribution >= 0.6 is 0 Å². The Morgan fingerprint density at radius 3 is 2.69 bits per heavy atom. The van der Waals surface area contributed by atoms with Gasteiger partial charge in [0.2, 0.25) is 11.8 Å². The molecular weight excluding hydrogens is 330 g/mol. The van der Waals surface area contributed by atoms with Crippen LogP contribution in [0.3, 0.4) is 0 Å². The summed E-state index contributed by atoms with van der Waals surface area (Å²) in [6.45, 7) is 6.54. The zero-order valence-electron chi connectivity index (χ0n) is 15.4. The highest BCUT2D eigenvalue weighted by Gasteiger charge is 2.32. The maximum Gasteiger partial charge on any atom is 0.283 e. The Bertz CT molecular complexity index is 823. The molecule has 0 bridgehead atoms. The molecule has 0 radical (unpaired) electrons. The van der Waals surface area contributed by atoms with Crippen LogP contribution in [0, 0.1) is 0 Å². The van der Waals surface area contributed by atoms with Gasteiger partial charge in [0.1, 0.15) is 0 Å². The van der Waals surface area contributed by atoms with Crippen molar-refractivity contribution in [1.29, 1.82) is 0 Å². The lowest BCUT2D eigenvalue weighted by Gasteiger charge is -2.16. The molecule has 0 atom stereocenters. The summed E-state index contributed by atoms with van der Waals surface area (Å²) in [5.41, 5.74) is 1.97. The van der Waals surface area contributed by atoms with Gasteiger partial charge in [0.15, 0.2) is 5.75 Å². The first-order valence-corrected chi connectivity index (χ1v) is 8.96. The molecule has 26 heavy (non-hydrogen) atoms. The first kappa shape index (κ1) is 17.9. The van der Waals surface area contributed by atoms with E-state index < -0.39 is 0 Å². The number of imide groups is 1. The van der Waals surface area contributed by atoms with E-state index in [1.165, 1.54) is 0 Å². The van der Waals surface area contributed by atoms with Crippen molar-refractivity contribution >= 4 is 23.2 Å². The third-order valence-electron chi connectivity index (χ3n) is 4.24. The van der Waals surface area contributed by atoms with Gasteiger partial charge in [-0.1, -0.05) is 26.0 Å². The molecule has 2 aliphatic heterocycles. The number of ether oxygens (including phenoxy) is 1. The van der Waals surface area contributed by atoms with Gasteiger partial charge in [-0.05, 0) is 44.1 Å². The smallest absolute Gasteiger partial charge is 0.283 e. The molecule has 2 amide bonds. The number of hydrazone groups is 1. The monoisotopic (exact) mass is 353 g/mol. The van der Waals surface area contributed by atoms with Gasteiger partial charge in [0, 0.05) is 13.0 Å². The molecule has 1 aromatic rings. The van der Waals surface area contributed by atoms with Crippen molar-refractivity contribution in [3.05, 3.63) is 47.9 Å². The molecule has 2 heterocycles. The number of para-hydroxylation sites is 2.